The van der Waals surface area contributed by atoms with Crippen LogP contribution in [0.1, 0.15) is 0 Å². The molecule has 0 fully saturated rings. The normalized spacial score (nSPS) is 11.0. The van der Waals surface area contributed by atoms with Crippen LogP contribution in [0.25, 0.3) is 15.5 Å². The number of H-pyrrole nitrogens is 1. The van der Waals surface area contributed by atoms with E-state index in [2.05, 4.69) is 15.3 Å². The Morgan fingerprint density at radius 3 is 3.06 bits per heavy atom. The number of phenols is 1. The second kappa shape index (κ2) is 3.17. The van der Waals surface area contributed by atoms with Gasteiger partial charge in [-0.25, -0.2) is 0 Å². The first-order chi connectivity index (χ1) is 7.74. The number of aromatic nitrogens is 4. The second-order valence-electron chi connectivity index (χ2n) is 3.29. The van der Waals surface area contributed by atoms with Crippen LogP contribution in [-0.2, 0) is 0 Å². The number of nitrogens with one attached hydrogen (secondary N) is 1. The predicted octanol–water partition coefficient (Wildman–Crippen LogP) is 0.560. The van der Waals surface area contributed by atoms with Crippen LogP contribution >= 0.6 is 11.3 Å². The topological polar surface area (TPSA) is 91.9 Å². The first-order valence-corrected chi connectivity index (χ1v) is 5.36. The van der Waals surface area contributed by atoms with E-state index >= 15 is 0 Å². The molecule has 0 bridgehead atoms. The fourth-order valence-corrected chi connectivity index (χ4v) is 2.31. The monoisotopic (exact) mass is 234 g/mol. The van der Waals surface area contributed by atoms with Gasteiger partial charge in [0.25, 0.3) is 6.33 Å². The van der Waals surface area contributed by atoms with Crippen molar-refractivity contribution in [1.29, 1.82) is 0 Å². The highest BCUT2D eigenvalue weighted by Gasteiger charge is 2.15. The summed E-state index contributed by atoms with van der Waals surface area (Å²) in [6.07, 6.45) is 1.57. The number of benzene rings is 1. The highest BCUT2D eigenvalue weighted by atomic mass is 32.1. The van der Waals surface area contributed by atoms with Crippen LogP contribution in [0.15, 0.2) is 24.5 Å². The minimum absolute atomic E-state index is 0.130. The molecule has 1 aromatic carbocycles. The molecule has 0 saturated carbocycles. The van der Waals surface area contributed by atoms with E-state index in [4.69, 9.17) is 5.73 Å². The zero-order valence-electron chi connectivity index (χ0n) is 8.08. The van der Waals surface area contributed by atoms with Crippen molar-refractivity contribution in [1.82, 2.24) is 15.3 Å². The summed E-state index contributed by atoms with van der Waals surface area (Å²) in [6, 6.07) is 4.98. The number of rotatable bonds is 1. The van der Waals surface area contributed by atoms with Gasteiger partial charge in [0.2, 0.25) is 0 Å². The molecule has 0 atom stereocenters. The SMILES string of the molecule is Nc1ccc(-c2n[n+]3cn[nH]c3s2)c(O)c1. The largest absolute Gasteiger partial charge is 0.507 e. The third kappa shape index (κ3) is 1.29. The van der Waals surface area contributed by atoms with Gasteiger partial charge >= 0.3 is 4.96 Å². The molecule has 0 amide bonds. The number of nitrogens with zero attached hydrogens (tertiary/aromatic N) is 3. The van der Waals surface area contributed by atoms with E-state index in [9.17, 15) is 5.11 Å². The summed E-state index contributed by atoms with van der Waals surface area (Å²) >= 11 is 1.41. The number of phenolic OH excluding ortho intramolecular Hbond substituents is 1. The van der Waals surface area contributed by atoms with Crippen LogP contribution in [0.5, 0.6) is 5.75 Å². The number of hydrogen-bond donors (Lipinski definition) is 3. The quantitative estimate of drug-likeness (QED) is 0.424. The average molecular weight is 234 g/mol. The fourth-order valence-electron chi connectivity index (χ4n) is 1.43. The second-order valence-corrected chi connectivity index (χ2v) is 4.27. The van der Waals surface area contributed by atoms with Crippen LogP contribution in [0.3, 0.4) is 0 Å². The third-order valence-electron chi connectivity index (χ3n) is 2.18. The first-order valence-electron chi connectivity index (χ1n) is 4.55. The molecule has 0 aliphatic heterocycles. The Morgan fingerprint density at radius 2 is 2.31 bits per heavy atom. The van der Waals surface area contributed by atoms with E-state index in [1.807, 2.05) is 0 Å². The molecule has 0 unspecified atom stereocenters. The number of aromatic amines is 1. The summed E-state index contributed by atoms with van der Waals surface area (Å²) in [5, 5.41) is 21.4. The molecule has 0 spiro atoms. The van der Waals surface area contributed by atoms with Crippen LogP contribution in [-0.4, -0.2) is 20.4 Å². The van der Waals surface area contributed by atoms with Gasteiger partial charge in [-0.15, -0.1) is 5.10 Å². The Labute approximate surface area is 94.0 Å². The molecule has 2 heterocycles. The summed E-state index contributed by atoms with van der Waals surface area (Å²) in [4.78, 5) is 0.811. The summed E-state index contributed by atoms with van der Waals surface area (Å²) in [6.45, 7) is 0. The van der Waals surface area contributed by atoms with E-state index in [1.165, 1.54) is 17.4 Å². The lowest BCUT2D eigenvalue weighted by molar-refractivity contribution is -0.575. The number of aromatic hydroxyl groups is 1. The lowest BCUT2D eigenvalue weighted by Gasteiger charge is -2.00. The van der Waals surface area contributed by atoms with Crippen molar-refractivity contribution in [3.05, 3.63) is 24.5 Å². The van der Waals surface area contributed by atoms with Crippen molar-refractivity contribution in [2.45, 2.75) is 0 Å². The number of nitrogens with two attached hydrogens (primary N) is 1. The molecule has 0 aliphatic carbocycles. The highest BCUT2D eigenvalue weighted by Crippen LogP contribution is 2.31. The van der Waals surface area contributed by atoms with Gasteiger partial charge in [-0.3, -0.25) is 0 Å². The molecule has 0 radical (unpaired) electrons. The van der Waals surface area contributed by atoms with Crippen LogP contribution < -0.4 is 10.2 Å². The minimum Gasteiger partial charge on any atom is -0.507 e. The molecule has 7 heteroatoms. The summed E-state index contributed by atoms with van der Waals surface area (Å²) in [7, 11) is 0. The van der Waals surface area contributed by atoms with Crippen molar-refractivity contribution < 1.29 is 9.62 Å². The number of nitrogen functional groups attached to an aromatic ring is 1. The molecule has 0 saturated heterocycles. The van der Waals surface area contributed by atoms with Crippen molar-refractivity contribution in [3.8, 4) is 16.3 Å². The zero-order valence-corrected chi connectivity index (χ0v) is 8.90. The number of hydrogen-bond acceptors (Lipinski definition) is 5. The maximum absolute atomic E-state index is 9.76. The molecule has 16 heavy (non-hydrogen) atoms. The molecular weight excluding hydrogens is 226 g/mol. The molecule has 80 valence electrons. The molecule has 3 rings (SSSR count). The molecule has 6 nitrogen and oxygen atoms in total. The summed E-state index contributed by atoms with van der Waals surface area (Å²) in [5.41, 5.74) is 6.75. The molecular formula is C9H8N5OS+. The highest BCUT2D eigenvalue weighted by molar-refractivity contribution is 7.19. The summed E-state index contributed by atoms with van der Waals surface area (Å²) in [5.74, 6) is 0.130. The van der Waals surface area contributed by atoms with E-state index in [0.717, 1.165) is 4.96 Å². The standard InChI is InChI=1S/C9H7N5OS/c10-5-1-2-6(7(15)3-5)8-13-14-4-11-12-9(14)16-8/h1-4H,(H3,10,13,15)/p+1. The van der Waals surface area contributed by atoms with Gasteiger partial charge in [-0.1, -0.05) is 9.61 Å². The van der Waals surface area contributed by atoms with Crippen molar-refractivity contribution in [2.24, 2.45) is 0 Å². The lowest BCUT2D eigenvalue weighted by atomic mass is 10.2. The zero-order chi connectivity index (χ0) is 11.1. The van der Waals surface area contributed by atoms with E-state index in [-0.39, 0.29) is 5.75 Å². The Hall–Kier alpha value is -2.15. The number of fused-ring (bicyclic) bond motifs is 1. The maximum Gasteiger partial charge on any atom is 0.342 e. The lowest BCUT2D eigenvalue weighted by Crippen LogP contribution is -2.18. The Balaban J connectivity index is 2.19. The van der Waals surface area contributed by atoms with Gasteiger partial charge in [-0.2, -0.15) is 0 Å². The van der Waals surface area contributed by atoms with E-state index in [1.54, 1.807) is 23.0 Å². The van der Waals surface area contributed by atoms with Crippen molar-refractivity contribution in [2.75, 3.05) is 5.73 Å². The van der Waals surface area contributed by atoms with Crippen LogP contribution in [0.2, 0.25) is 0 Å². The molecule has 0 aliphatic rings. The Morgan fingerprint density at radius 1 is 1.44 bits per heavy atom. The molecule has 2 aromatic heterocycles. The Kier molecular flexibility index (Phi) is 1.80. The van der Waals surface area contributed by atoms with Gasteiger partial charge in [-0.05, 0) is 23.5 Å². The van der Waals surface area contributed by atoms with Gasteiger partial charge in [0.15, 0.2) is 5.01 Å². The van der Waals surface area contributed by atoms with E-state index in [0.29, 0.717) is 16.3 Å². The van der Waals surface area contributed by atoms with Crippen molar-refractivity contribution in [3.63, 3.8) is 0 Å². The van der Waals surface area contributed by atoms with Gasteiger partial charge in [0, 0.05) is 16.9 Å². The third-order valence-corrected chi connectivity index (χ3v) is 3.15. The van der Waals surface area contributed by atoms with Gasteiger partial charge < -0.3 is 10.8 Å². The predicted molar refractivity (Wildman–Crippen MR) is 58.9 cm³/mol. The van der Waals surface area contributed by atoms with Crippen molar-refractivity contribution >= 4 is 22.0 Å². The fraction of sp³-hybridized carbons (Fsp3) is 0. The van der Waals surface area contributed by atoms with Gasteiger partial charge in [0.05, 0.1) is 5.56 Å². The van der Waals surface area contributed by atoms with E-state index < -0.39 is 0 Å². The number of anilines is 1. The summed E-state index contributed by atoms with van der Waals surface area (Å²) < 4.78 is 1.62. The average Bonchev–Trinajstić information content (AvgIpc) is 2.76. The smallest absolute Gasteiger partial charge is 0.342 e. The van der Waals surface area contributed by atoms with Crippen LogP contribution in [0, 0.1) is 0 Å². The Bertz CT molecular complexity index is 630. The van der Waals surface area contributed by atoms with Crippen LogP contribution in [0.4, 0.5) is 5.69 Å². The maximum atomic E-state index is 9.76. The molecule has 3 aromatic rings. The molecule has 4 N–H and O–H groups in total. The minimum atomic E-state index is 0.130. The first kappa shape index (κ1) is 9.10. The van der Waals surface area contributed by atoms with Gasteiger partial charge in [0.1, 0.15) is 5.75 Å².